The van der Waals surface area contributed by atoms with Gasteiger partial charge >= 0.3 is 12.1 Å². The first-order chi connectivity index (χ1) is 15.1. The fraction of sp³-hybridized carbons (Fsp3) is 0.333. The van der Waals surface area contributed by atoms with Crippen LogP contribution in [-0.2, 0) is 28.9 Å². The Hall–Kier alpha value is -3.08. The molecule has 32 heavy (non-hydrogen) atoms. The first-order valence-electron chi connectivity index (χ1n) is 9.55. The number of carboxylic acid groups (broad SMARTS) is 1. The number of halogens is 3. The van der Waals surface area contributed by atoms with Crippen LogP contribution in [0.4, 0.5) is 18.0 Å². The topological polar surface area (TPSA) is 106 Å². The maximum Gasteiger partial charge on any atom is 0.490 e. The average molecular weight is 470 g/mol. The highest BCUT2D eigenvalue weighted by molar-refractivity contribution is 8.15. The lowest BCUT2D eigenvalue weighted by atomic mass is 10.1. The molecule has 0 saturated carbocycles. The number of thioether (sulfide) groups is 1. The van der Waals surface area contributed by atoms with E-state index in [-0.39, 0.29) is 16.4 Å². The minimum absolute atomic E-state index is 0.211. The van der Waals surface area contributed by atoms with Crippen LogP contribution in [0, 0.1) is 0 Å². The van der Waals surface area contributed by atoms with E-state index < -0.39 is 12.1 Å². The highest BCUT2D eigenvalue weighted by atomic mass is 32.2. The van der Waals surface area contributed by atoms with Crippen molar-refractivity contribution in [1.82, 2.24) is 10.3 Å². The summed E-state index contributed by atoms with van der Waals surface area (Å²) in [5.74, 6) is -2.18. The highest BCUT2D eigenvalue weighted by Gasteiger charge is 2.38. The first-order valence-corrected chi connectivity index (χ1v) is 10.4. The summed E-state index contributed by atoms with van der Waals surface area (Å²) in [6.45, 7) is 2.67. The number of ether oxygens (including phenoxy) is 1. The van der Waals surface area contributed by atoms with Crippen molar-refractivity contribution < 1.29 is 37.4 Å². The van der Waals surface area contributed by atoms with E-state index in [0.717, 1.165) is 41.6 Å². The zero-order valence-electron chi connectivity index (χ0n) is 17.0. The Morgan fingerprint density at radius 3 is 2.25 bits per heavy atom. The maximum atomic E-state index is 11.6. The molecule has 1 saturated heterocycles. The second kappa shape index (κ2) is 11.5. The number of benzene rings is 1. The van der Waals surface area contributed by atoms with E-state index in [2.05, 4.69) is 23.3 Å². The van der Waals surface area contributed by atoms with Gasteiger partial charge < -0.3 is 9.84 Å². The number of hydrogen-bond donors (Lipinski definition) is 2. The monoisotopic (exact) mass is 470 g/mol. The van der Waals surface area contributed by atoms with Crippen molar-refractivity contribution in [3.63, 3.8) is 0 Å². The molecule has 2 N–H and O–H groups in total. The van der Waals surface area contributed by atoms with Gasteiger partial charge in [0.15, 0.2) is 0 Å². The molecule has 1 aliphatic heterocycles. The minimum atomic E-state index is -5.08. The van der Waals surface area contributed by atoms with Crippen LogP contribution in [0.15, 0.2) is 42.6 Å². The number of imide groups is 1. The van der Waals surface area contributed by atoms with Crippen molar-refractivity contribution in [3.8, 4) is 5.75 Å². The predicted octanol–water partition coefficient (Wildman–Crippen LogP) is 3.79. The zero-order valence-corrected chi connectivity index (χ0v) is 17.8. The van der Waals surface area contributed by atoms with Crippen LogP contribution in [-0.4, -0.2) is 45.2 Å². The molecule has 0 spiro atoms. The second-order valence-corrected chi connectivity index (χ2v) is 7.82. The van der Waals surface area contributed by atoms with Gasteiger partial charge in [0.2, 0.25) is 5.91 Å². The number of aliphatic carboxylic acids is 1. The average Bonchev–Trinajstić information content (AvgIpc) is 3.06. The van der Waals surface area contributed by atoms with Crippen LogP contribution in [0.5, 0.6) is 5.75 Å². The van der Waals surface area contributed by atoms with Gasteiger partial charge in [-0.25, -0.2) is 4.79 Å². The SMILES string of the molecule is CCc1ccc(CCOc2ccc(C[C@H]3SC(=O)NC3=O)cc2)nc1.O=C(O)C(F)(F)F. The lowest BCUT2D eigenvalue weighted by Gasteiger charge is -2.09. The van der Waals surface area contributed by atoms with E-state index in [1.807, 2.05) is 36.5 Å². The van der Waals surface area contributed by atoms with Crippen LogP contribution in [0.25, 0.3) is 0 Å². The summed E-state index contributed by atoms with van der Waals surface area (Å²) in [4.78, 5) is 36.1. The van der Waals surface area contributed by atoms with Crippen LogP contribution in [0.1, 0.15) is 23.7 Å². The highest BCUT2D eigenvalue weighted by Crippen LogP contribution is 2.24. The summed E-state index contributed by atoms with van der Waals surface area (Å²) < 4.78 is 37.5. The molecule has 1 aliphatic rings. The molecule has 2 heterocycles. The van der Waals surface area contributed by atoms with Gasteiger partial charge in [-0.2, -0.15) is 13.2 Å². The van der Waals surface area contributed by atoms with Crippen LogP contribution < -0.4 is 10.1 Å². The Bertz CT molecular complexity index is 934. The summed E-state index contributed by atoms with van der Waals surface area (Å²) in [7, 11) is 0. The summed E-state index contributed by atoms with van der Waals surface area (Å²) in [5.41, 5.74) is 3.25. The lowest BCUT2D eigenvalue weighted by Crippen LogP contribution is -2.25. The van der Waals surface area contributed by atoms with Gasteiger partial charge in [-0.3, -0.25) is 19.9 Å². The first kappa shape index (κ1) is 25.2. The summed E-state index contributed by atoms with van der Waals surface area (Å²) >= 11 is 1.05. The molecule has 11 heteroatoms. The van der Waals surface area contributed by atoms with Crippen LogP contribution in [0.2, 0.25) is 0 Å². The molecule has 7 nitrogen and oxygen atoms in total. The number of alkyl halides is 3. The maximum absolute atomic E-state index is 11.6. The fourth-order valence-electron chi connectivity index (χ4n) is 2.55. The van der Waals surface area contributed by atoms with Crippen LogP contribution >= 0.6 is 11.8 Å². The molecular formula is C21H21F3N2O5S. The van der Waals surface area contributed by atoms with Crippen LogP contribution in [0.3, 0.4) is 0 Å². The molecule has 2 aromatic rings. The number of nitrogens with zero attached hydrogens (tertiary/aromatic N) is 1. The van der Waals surface area contributed by atoms with Crippen molar-refractivity contribution in [2.24, 2.45) is 0 Å². The van der Waals surface area contributed by atoms with Gasteiger partial charge in [0.05, 0.1) is 11.9 Å². The summed E-state index contributed by atoms with van der Waals surface area (Å²) in [5, 5.41) is 8.82. The Kier molecular flexibility index (Phi) is 9.06. The van der Waals surface area contributed by atoms with Gasteiger partial charge in [0, 0.05) is 18.3 Å². The molecule has 0 aliphatic carbocycles. The van der Waals surface area contributed by atoms with Crippen molar-refractivity contribution in [1.29, 1.82) is 0 Å². The Morgan fingerprint density at radius 2 is 1.78 bits per heavy atom. The largest absolute Gasteiger partial charge is 0.493 e. The van der Waals surface area contributed by atoms with E-state index in [1.165, 1.54) is 5.56 Å². The van der Waals surface area contributed by atoms with Crippen molar-refractivity contribution in [2.75, 3.05) is 6.61 Å². The van der Waals surface area contributed by atoms with Gasteiger partial charge in [-0.05, 0) is 42.2 Å². The summed E-state index contributed by atoms with van der Waals surface area (Å²) in [6, 6.07) is 11.8. The number of carboxylic acids is 1. The predicted molar refractivity (Wildman–Crippen MR) is 112 cm³/mol. The third-order valence-corrected chi connectivity index (χ3v) is 5.26. The van der Waals surface area contributed by atoms with E-state index in [4.69, 9.17) is 14.6 Å². The molecule has 3 rings (SSSR count). The molecule has 0 radical (unpaired) electrons. The van der Waals surface area contributed by atoms with Gasteiger partial charge in [0.1, 0.15) is 5.75 Å². The minimum Gasteiger partial charge on any atom is -0.493 e. The van der Waals surface area contributed by atoms with Gasteiger partial charge in [-0.15, -0.1) is 0 Å². The number of rotatable bonds is 7. The number of hydrogen-bond acceptors (Lipinski definition) is 6. The van der Waals surface area contributed by atoms with Crippen molar-refractivity contribution >= 4 is 28.9 Å². The van der Waals surface area contributed by atoms with E-state index in [0.29, 0.717) is 13.0 Å². The number of carbonyl (C=O) groups is 3. The number of pyridine rings is 1. The molecule has 2 amide bonds. The molecule has 0 unspecified atom stereocenters. The van der Waals surface area contributed by atoms with Gasteiger partial charge in [0.25, 0.3) is 5.24 Å². The number of carbonyl (C=O) groups excluding carboxylic acids is 2. The van der Waals surface area contributed by atoms with E-state index in [1.54, 1.807) is 0 Å². The van der Waals surface area contributed by atoms with Crippen molar-refractivity contribution in [2.45, 2.75) is 37.6 Å². The number of nitrogens with one attached hydrogen (secondary N) is 1. The molecule has 1 aromatic carbocycles. The smallest absolute Gasteiger partial charge is 0.490 e. The summed E-state index contributed by atoms with van der Waals surface area (Å²) in [6.07, 6.45) is -0.889. The van der Waals surface area contributed by atoms with E-state index >= 15 is 0 Å². The fourth-order valence-corrected chi connectivity index (χ4v) is 3.41. The Morgan fingerprint density at radius 1 is 1.16 bits per heavy atom. The quantitative estimate of drug-likeness (QED) is 0.634. The third-order valence-electron chi connectivity index (χ3n) is 4.28. The molecule has 0 bridgehead atoms. The van der Waals surface area contributed by atoms with E-state index in [9.17, 15) is 22.8 Å². The lowest BCUT2D eigenvalue weighted by molar-refractivity contribution is -0.192. The molecule has 1 aromatic heterocycles. The third kappa shape index (κ3) is 8.22. The molecular weight excluding hydrogens is 449 g/mol. The molecule has 1 atom stereocenters. The Labute approximate surface area is 186 Å². The number of amides is 2. The van der Waals surface area contributed by atoms with Gasteiger partial charge in [-0.1, -0.05) is 36.9 Å². The molecule has 1 fully saturated rings. The Balaban J connectivity index is 0.000000451. The van der Waals surface area contributed by atoms with Crippen molar-refractivity contribution in [3.05, 3.63) is 59.4 Å². The standard InChI is InChI=1S/C19H20N2O3S.C2HF3O2/c1-2-13-3-6-15(20-12-13)9-10-24-16-7-4-14(5-8-16)11-17-18(22)21-19(23)25-17;3-2(4,5)1(6)7/h3-8,12,17H,2,9-11H2,1H3,(H,21,22,23);(H,6,7)/t17-;/m1./s1. The number of aryl methyl sites for hydroxylation is 1. The zero-order chi connectivity index (χ0) is 23.7. The normalized spacial score (nSPS) is 15.6. The molecule has 172 valence electrons. The second-order valence-electron chi connectivity index (χ2n) is 6.64. The number of aromatic nitrogens is 1.